The fourth-order valence-corrected chi connectivity index (χ4v) is 3.03. The third-order valence-electron chi connectivity index (χ3n) is 4.49. The van der Waals surface area contributed by atoms with Gasteiger partial charge in [-0.15, -0.1) is 0 Å². The number of ether oxygens (including phenoxy) is 2. The molecule has 1 aromatic carbocycles. The Kier molecular flexibility index (Phi) is 5.89. The Morgan fingerprint density at radius 3 is 2.90 bits per heavy atom. The average molecular weight is 392 g/mol. The lowest BCUT2D eigenvalue weighted by Crippen LogP contribution is -2.38. The smallest absolute Gasteiger partial charge is 0.231 e. The molecule has 0 amide bonds. The summed E-state index contributed by atoms with van der Waals surface area (Å²) in [4.78, 5) is 13.1. The van der Waals surface area contributed by atoms with Crippen LogP contribution in [0.1, 0.15) is 18.1 Å². The Morgan fingerprint density at radius 1 is 1.10 bits per heavy atom. The lowest BCUT2D eigenvalue weighted by Gasteiger charge is -2.12. The number of benzene rings is 1. The second kappa shape index (κ2) is 9.09. The maximum Gasteiger partial charge on any atom is 0.231 e. The van der Waals surface area contributed by atoms with Crippen LogP contribution < -0.4 is 20.1 Å². The van der Waals surface area contributed by atoms with Crippen molar-refractivity contribution in [3.63, 3.8) is 0 Å². The third kappa shape index (κ3) is 4.84. The summed E-state index contributed by atoms with van der Waals surface area (Å²) in [6, 6.07) is 10.0. The van der Waals surface area contributed by atoms with Crippen LogP contribution in [0.4, 0.5) is 0 Å². The van der Waals surface area contributed by atoms with E-state index in [0.29, 0.717) is 13.3 Å². The molecule has 1 aliphatic rings. The van der Waals surface area contributed by atoms with Crippen LogP contribution in [-0.4, -0.2) is 40.4 Å². The standard InChI is InChI=1S/C21H24N6O2/c1-2-23-21(25-8-5-16-3-4-18-19(11-16)29-15-28-18)26-13-17-6-7-24-20(12-17)27-10-9-22-14-27/h3-4,6-7,9-12,14H,2,5,8,13,15H2,1H3,(H2,23,25,26). The molecule has 0 bridgehead atoms. The van der Waals surface area contributed by atoms with Crippen molar-refractivity contribution < 1.29 is 9.47 Å². The molecule has 4 rings (SSSR count). The molecule has 0 fully saturated rings. The summed E-state index contributed by atoms with van der Waals surface area (Å²) < 4.78 is 12.7. The molecule has 0 saturated carbocycles. The fourth-order valence-electron chi connectivity index (χ4n) is 3.03. The first-order valence-corrected chi connectivity index (χ1v) is 9.66. The van der Waals surface area contributed by atoms with Gasteiger partial charge in [0.15, 0.2) is 17.5 Å². The van der Waals surface area contributed by atoms with Crippen molar-refractivity contribution in [2.24, 2.45) is 4.99 Å². The van der Waals surface area contributed by atoms with E-state index in [1.54, 1.807) is 18.7 Å². The topological polar surface area (TPSA) is 85.6 Å². The van der Waals surface area contributed by atoms with Gasteiger partial charge in [-0.05, 0) is 48.7 Å². The molecular weight excluding hydrogens is 368 g/mol. The van der Waals surface area contributed by atoms with Gasteiger partial charge in [0.05, 0.1) is 6.54 Å². The van der Waals surface area contributed by atoms with Crippen molar-refractivity contribution in [3.8, 4) is 17.3 Å². The maximum atomic E-state index is 5.44. The van der Waals surface area contributed by atoms with Gasteiger partial charge < -0.3 is 20.1 Å². The number of pyridine rings is 1. The molecule has 2 aromatic heterocycles. The van der Waals surface area contributed by atoms with Crippen molar-refractivity contribution >= 4 is 5.96 Å². The van der Waals surface area contributed by atoms with Gasteiger partial charge in [-0.3, -0.25) is 4.57 Å². The number of hydrogen-bond donors (Lipinski definition) is 2. The predicted molar refractivity (Wildman–Crippen MR) is 110 cm³/mol. The molecule has 8 heteroatoms. The molecule has 0 radical (unpaired) electrons. The molecule has 2 N–H and O–H groups in total. The van der Waals surface area contributed by atoms with E-state index in [1.807, 2.05) is 35.0 Å². The number of nitrogens with one attached hydrogen (secondary N) is 2. The Bertz CT molecular complexity index is 971. The highest BCUT2D eigenvalue weighted by Gasteiger charge is 2.13. The molecule has 8 nitrogen and oxygen atoms in total. The Hall–Kier alpha value is -3.55. The van der Waals surface area contributed by atoms with Crippen LogP contribution in [0.5, 0.6) is 11.5 Å². The largest absolute Gasteiger partial charge is 0.454 e. The molecule has 0 aliphatic carbocycles. The van der Waals surface area contributed by atoms with Crippen LogP contribution in [0, 0.1) is 0 Å². The van der Waals surface area contributed by atoms with Crippen LogP contribution >= 0.6 is 0 Å². The second-order valence-electron chi connectivity index (χ2n) is 6.55. The first kappa shape index (κ1) is 18.8. The number of aliphatic imine (C=N–C) groups is 1. The molecule has 0 saturated heterocycles. The van der Waals surface area contributed by atoms with E-state index in [0.717, 1.165) is 48.4 Å². The van der Waals surface area contributed by atoms with Gasteiger partial charge in [-0.25, -0.2) is 15.0 Å². The number of guanidine groups is 1. The zero-order valence-corrected chi connectivity index (χ0v) is 16.3. The van der Waals surface area contributed by atoms with Gasteiger partial charge >= 0.3 is 0 Å². The maximum absolute atomic E-state index is 5.44. The van der Waals surface area contributed by atoms with Crippen LogP contribution in [-0.2, 0) is 13.0 Å². The van der Waals surface area contributed by atoms with E-state index in [-0.39, 0.29) is 0 Å². The highest BCUT2D eigenvalue weighted by molar-refractivity contribution is 5.79. The van der Waals surface area contributed by atoms with Crippen molar-refractivity contribution in [1.82, 2.24) is 25.2 Å². The Balaban J connectivity index is 1.35. The van der Waals surface area contributed by atoms with Gasteiger partial charge in [0.25, 0.3) is 0 Å². The normalized spacial score (nSPS) is 12.8. The summed E-state index contributed by atoms with van der Waals surface area (Å²) in [5.41, 5.74) is 2.27. The van der Waals surface area contributed by atoms with E-state index < -0.39 is 0 Å². The minimum Gasteiger partial charge on any atom is -0.454 e. The van der Waals surface area contributed by atoms with Gasteiger partial charge in [0.1, 0.15) is 12.1 Å². The number of hydrogen-bond acceptors (Lipinski definition) is 5. The molecule has 3 heterocycles. The summed E-state index contributed by atoms with van der Waals surface area (Å²) in [5.74, 6) is 3.24. The van der Waals surface area contributed by atoms with E-state index in [9.17, 15) is 0 Å². The molecule has 0 spiro atoms. The monoisotopic (exact) mass is 392 g/mol. The molecule has 3 aromatic rings. The van der Waals surface area contributed by atoms with Crippen LogP contribution in [0.25, 0.3) is 5.82 Å². The molecule has 0 unspecified atom stereocenters. The number of rotatable bonds is 7. The van der Waals surface area contributed by atoms with Gasteiger partial charge in [0, 0.05) is 31.7 Å². The highest BCUT2D eigenvalue weighted by atomic mass is 16.7. The van der Waals surface area contributed by atoms with E-state index in [1.165, 1.54) is 5.56 Å². The van der Waals surface area contributed by atoms with Crippen LogP contribution in [0.15, 0.2) is 60.2 Å². The minimum atomic E-state index is 0.297. The van der Waals surface area contributed by atoms with Crippen molar-refractivity contribution in [2.45, 2.75) is 19.9 Å². The molecule has 150 valence electrons. The van der Waals surface area contributed by atoms with Gasteiger partial charge in [-0.1, -0.05) is 6.07 Å². The highest BCUT2D eigenvalue weighted by Crippen LogP contribution is 2.32. The minimum absolute atomic E-state index is 0.297. The van der Waals surface area contributed by atoms with Crippen LogP contribution in [0.2, 0.25) is 0 Å². The first-order valence-electron chi connectivity index (χ1n) is 9.66. The molecular formula is C21H24N6O2. The SMILES string of the molecule is CCNC(=NCc1ccnc(-n2ccnc2)c1)NCCc1ccc2c(c1)OCO2. The zero-order chi connectivity index (χ0) is 19.9. The van der Waals surface area contributed by atoms with E-state index in [2.05, 4.69) is 33.6 Å². The molecule has 0 atom stereocenters. The summed E-state index contributed by atoms with van der Waals surface area (Å²) in [6.07, 6.45) is 8.00. The summed E-state index contributed by atoms with van der Waals surface area (Å²) in [5, 5.41) is 6.67. The Morgan fingerprint density at radius 2 is 2.03 bits per heavy atom. The van der Waals surface area contributed by atoms with Crippen molar-refractivity contribution in [2.75, 3.05) is 19.9 Å². The number of aromatic nitrogens is 3. The van der Waals surface area contributed by atoms with Crippen molar-refractivity contribution in [1.29, 1.82) is 0 Å². The summed E-state index contributed by atoms with van der Waals surface area (Å²) in [6.45, 7) is 4.47. The molecule has 29 heavy (non-hydrogen) atoms. The quantitative estimate of drug-likeness (QED) is 0.474. The second-order valence-corrected chi connectivity index (χ2v) is 6.55. The summed E-state index contributed by atoms with van der Waals surface area (Å²) in [7, 11) is 0. The average Bonchev–Trinajstić information content (AvgIpc) is 3.44. The number of nitrogens with zero attached hydrogens (tertiary/aromatic N) is 4. The van der Waals surface area contributed by atoms with E-state index in [4.69, 9.17) is 14.5 Å². The van der Waals surface area contributed by atoms with Crippen molar-refractivity contribution in [3.05, 3.63) is 66.4 Å². The predicted octanol–water partition coefficient (Wildman–Crippen LogP) is 2.29. The third-order valence-corrected chi connectivity index (χ3v) is 4.49. The zero-order valence-electron chi connectivity index (χ0n) is 16.3. The Labute approximate surface area is 169 Å². The van der Waals surface area contributed by atoms with E-state index >= 15 is 0 Å². The summed E-state index contributed by atoms with van der Waals surface area (Å²) >= 11 is 0. The lowest BCUT2D eigenvalue weighted by atomic mass is 10.1. The number of imidazole rings is 1. The first-order chi connectivity index (χ1) is 14.3. The fraction of sp³-hybridized carbons (Fsp3) is 0.286. The lowest BCUT2D eigenvalue weighted by molar-refractivity contribution is 0.174. The van der Waals surface area contributed by atoms with Gasteiger partial charge in [0.2, 0.25) is 6.79 Å². The van der Waals surface area contributed by atoms with Gasteiger partial charge in [-0.2, -0.15) is 0 Å². The van der Waals surface area contributed by atoms with Crippen LogP contribution in [0.3, 0.4) is 0 Å². The molecule has 1 aliphatic heterocycles. The number of fused-ring (bicyclic) bond motifs is 1.